The van der Waals surface area contributed by atoms with Gasteiger partial charge >= 0.3 is 5.69 Å². The summed E-state index contributed by atoms with van der Waals surface area (Å²) >= 11 is 3.05. The molecule has 0 amide bonds. The molecule has 9 heteroatoms. The molecular formula is C12H9BrN2O6. The third-order valence-corrected chi connectivity index (χ3v) is 2.69. The average Bonchev–Trinajstić information content (AvgIpc) is 2.42. The lowest BCUT2D eigenvalue weighted by molar-refractivity contribution is -0.386. The van der Waals surface area contributed by atoms with Crippen LogP contribution in [0.2, 0.25) is 0 Å². The largest absolute Gasteiger partial charge is 0.508 e. The van der Waals surface area contributed by atoms with Crippen molar-refractivity contribution in [2.24, 2.45) is 0 Å². The lowest BCUT2D eigenvalue weighted by Gasteiger charge is -1.94. The summed E-state index contributed by atoms with van der Waals surface area (Å²) in [6.07, 6.45) is 0. The van der Waals surface area contributed by atoms with Gasteiger partial charge in [0, 0.05) is 22.7 Å². The number of hydrogen-bond acceptors (Lipinski definition) is 6. The fraction of sp³-hybridized carbons (Fsp3) is 0. The van der Waals surface area contributed by atoms with Crippen LogP contribution in [-0.2, 0) is 0 Å². The number of non-ortho nitro benzene ring substituents is 1. The van der Waals surface area contributed by atoms with E-state index in [-0.39, 0.29) is 22.9 Å². The summed E-state index contributed by atoms with van der Waals surface area (Å²) in [5.41, 5.74) is -0.308. The molecule has 0 saturated heterocycles. The van der Waals surface area contributed by atoms with Crippen LogP contribution < -0.4 is 0 Å². The molecule has 2 rings (SSSR count). The second-order valence-electron chi connectivity index (χ2n) is 3.66. The van der Waals surface area contributed by atoms with Crippen LogP contribution in [0.5, 0.6) is 11.5 Å². The Bertz CT molecular complexity index is 659. The Morgan fingerprint density at radius 2 is 1.48 bits per heavy atom. The fourth-order valence-electron chi connectivity index (χ4n) is 1.22. The van der Waals surface area contributed by atoms with Crippen LogP contribution in [0.4, 0.5) is 11.4 Å². The summed E-state index contributed by atoms with van der Waals surface area (Å²) in [4.78, 5) is 19.1. The molecule has 0 bridgehead atoms. The highest BCUT2D eigenvalue weighted by Gasteiger charge is 2.11. The van der Waals surface area contributed by atoms with Crippen molar-refractivity contribution in [3.05, 3.63) is 67.2 Å². The zero-order chi connectivity index (χ0) is 16.0. The highest BCUT2D eigenvalue weighted by Crippen LogP contribution is 2.28. The standard InChI is InChI=1S/C6H4BrNO3.C6H5NO3/c7-4-1-2-6(9)5(3-4)8(10)11;8-6-3-1-5(2-4-6)7(9)10/h1-3,9H;1-4,8H. The minimum absolute atomic E-state index is 0.0159. The molecule has 0 spiro atoms. The Hall–Kier alpha value is -2.68. The molecule has 0 aliphatic rings. The van der Waals surface area contributed by atoms with E-state index in [2.05, 4.69) is 15.9 Å². The molecule has 8 nitrogen and oxygen atoms in total. The second-order valence-corrected chi connectivity index (χ2v) is 4.58. The Morgan fingerprint density at radius 1 is 0.905 bits per heavy atom. The van der Waals surface area contributed by atoms with Gasteiger partial charge in [0.25, 0.3) is 5.69 Å². The van der Waals surface area contributed by atoms with Gasteiger partial charge in [-0.25, -0.2) is 0 Å². The van der Waals surface area contributed by atoms with Crippen LogP contribution >= 0.6 is 15.9 Å². The molecule has 0 saturated carbocycles. The van der Waals surface area contributed by atoms with Crippen molar-refractivity contribution in [1.82, 2.24) is 0 Å². The van der Waals surface area contributed by atoms with Gasteiger partial charge < -0.3 is 10.2 Å². The zero-order valence-electron chi connectivity index (χ0n) is 10.3. The van der Waals surface area contributed by atoms with Crippen molar-refractivity contribution in [1.29, 1.82) is 0 Å². The number of aromatic hydroxyl groups is 2. The molecule has 0 aromatic heterocycles. The Balaban J connectivity index is 0.000000211. The topological polar surface area (TPSA) is 127 Å². The van der Waals surface area contributed by atoms with Crippen LogP contribution in [0.25, 0.3) is 0 Å². The molecule has 0 heterocycles. The van der Waals surface area contributed by atoms with E-state index in [1.54, 1.807) is 0 Å². The highest BCUT2D eigenvalue weighted by molar-refractivity contribution is 9.10. The van der Waals surface area contributed by atoms with E-state index in [9.17, 15) is 20.2 Å². The van der Waals surface area contributed by atoms with Crippen LogP contribution in [0.3, 0.4) is 0 Å². The van der Waals surface area contributed by atoms with Crippen molar-refractivity contribution in [2.45, 2.75) is 0 Å². The fourth-order valence-corrected chi connectivity index (χ4v) is 1.57. The Labute approximate surface area is 126 Å². The number of benzene rings is 2. The number of halogens is 1. The normalized spacial score (nSPS) is 9.38. The molecule has 2 aromatic carbocycles. The first kappa shape index (κ1) is 16.4. The summed E-state index contributed by atoms with van der Waals surface area (Å²) < 4.78 is 0.571. The van der Waals surface area contributed by atoms with Crippen molar-refractivity contribution < 1.29 is 20.1 Å². The first-order valence-electron chi connectivity index (χ1n) is 5.37. The van der Waals surface area contributed by atoms with Gasteiger partial charge in [-0.15, -0.1) is 0 Å². The van der Waals surface area contributed by atoms with Crippen LogP contribution in [0.15, 0.2) is 46.9 Å². The number of phenolic OH excluding ortho intramolecular Hbond substituents is 2. The molecule has 0 atom stereocenters. The molecule has 110 valence electrons. The van der Waals surface area contributed by atoms with Gasteiger partial charge in [-0.1, -0.05) is 15.9 Å². The summed E-state index contributed by atoms with van der Waals surface area (Å²) in [5, 5.41) is 37.9. The van der Waals surface area contributed by atoms with E-state index in [4.69, 9.17) is 10.2 Å². The van der Waals surface area contributed by atoms with Gasteiger partial charge in [0.05, 0.1) is 9.85 Å². The first-order valence-corrected chi connectivity index (χ1v) is 6.17. The minimum atomic E-state index is -0.639. The number of hydrogen-bond donors (Lipinski definition) is 2. The predicted octanol–water partition coefficient (Wildman–Crippen LogP) is 3.36. The molecule has 21 heavy (non-hydrogen) atoms. The molecule has 0 radical (unpaired) electrons. The molecular weight excluding hydrogens is 348 g/mol. The molecule has 0 aliphatic carbocycles. The van der Waals surface area contributed by atoms with Crippen LogP contribution in [0.1, 0.15) is 0 Å². The average molecular weight is 357 g/mol. The Kier molecular flexibility index (Phi) is 5.61. The quantitative estimate of drug-likeness (QED) is 0.627. The van der Waals surface area contributed by atoms with E-state index < -0.39 is 9.85 Å². The van der Waals surface area contributed by atoms with Crippen molar-refractivity contribution in [2.75, 3.05) is 0 Å². The van der Waals surface area contributed by atoms with E-state index >= 15 is 0 Å². The number of nitro benzene ring substituents is 2. The van der Waals surface area contributed by atoms with Gasteiger partial charge in [-0.2, -0.15) is 0 Å². The van der Waals surface area contributed by atoms with Gasteiger partial charge in [0.15, 0.2) is 5.75 Å². The number of nitrogens with zero attached hydrogens (tertiary/aromatic N) is 2. The van der Waals surface area contributed by atoms with Gasteiger partial charge in [0.1, 0.15) is 5.75 Å². The maximum absolute atomic E-state index is 10.2. The van der Waals surface area contributed by atoms with Gasteiger partial charge in [-0.3, -0.25) is 20.2 Å². The number of nitro groups is 2. The summed E-state index contributed by atoms with van der Waals surface area (Å²) in [5.74, 6) is -0.288. The molecule has 0 aliphatic heterocycles. The third-order valence-electron chi connectivity index (χ3n) is 2.19. The lowest BCUT2D eigenvalue weighted by Crippen LogP contribution is -1.87. The molecule has 0 fully saturated rings. The second kappa shape index (κ2) is 7.20. The lowest BCUT2D eigenvalue weighted by atomic mass is 10.3. The minimum Gasteiger partial charge on any atom is -0.508 e. The highest BCUT2D eigenvalue weighted by atomic mass is 79.9. The summed E-state index contributed by atoms with van der Waals surface area (Å²) in [7, 11) is 0. The van der Waals surface area contributed by atoms with Crippen molar-refractivity contribution in [3.8, 4) is 11.5 Å². The number of phenols is 2. The number of rotatable bonds is 2. The smallest absolute Gasteiger partial charge is 0.311 e. The first-order chi connectivity index (χ1) is 9.81. The maximum atomic E-state index is 10.2. The van der Waals surface area contributed by atoms with E-state index in [1.165, 1.54) is 42.5 Å². The van der Waals surface area contributed by atoms with Crippen molar-refractivity contribution in [3.63, 3.8) is 0 Å². The third kappa shape index (κ3) is 5.07. The maximum Gasteiger partial charge on any atom is 0.311 e. The summed E-state index contributed by atoms with van der Waals surface area (Å²) in [6.45, 7) is 0. The Morgan fingerprint density at radius 3 is 1.90 bits per heavy atom. The van der Waals surface area contributed by atoms with Crippen LogP contribution in [-0.4, -0.2) is 20.1 Å². The van der Waals surface area contributed by atoms with Crippen molar-refractivity contribution >= 4 is 27.3 Å². The monoisotopic (exact) mass is 356 g/mol. The zero-order valence-corrected chi connectivity index (χ0v) is 11.9. The van der Waals surface area contributed by atoms with Gasteiger partial charge in [0.2, 0.25) is 0 Å². The van der Waals surface area contributed by atoms with Crippen LogP contribution in [0, 0.1) is 20.2 Å². The van der Waals surface area contributed by atoms with E-state index in [0.717, 1.165) is 0 Å². The molecule has 2 aromatic rings. The van der Waals surface area contributed by atoms with E-state index in [0.29, 0.717) is 4.47 Å². The summed E-state index contributed by atoms with van der Waals surface area (Å²) in [6, 6.07) is 9.08. The van der Waals surface area contributed by atoms with E-state index in [1.807, 2.05) is 0 Å². The van der Waals surface area contributed by atoms with Gasteiger partial charge in [-0.05, 0) is 24.3 Å². The molecule has 0 unspecified atom stereocenters. The predicted molar refractivity (Wildman–Crippen MR) is 77.2 cm³/mol. The SMILES string of the molecule is O=[N+]([O-])c1cc(Br)ccc1O.O=[N+]([O-])c1ccc(O)cc1. The molecule has 2 N–H and O–H groups in total.